The predicted molar refractivity (Wildman–Crippen MR) is 108 cm³/mol. The molecule has 1 atom stereocenters. The lowest BCUT2D eigenvalue weighted by Crippen LogP contribution is -2.21. The number of rotatable bonds is 6. The van der Waals surface area contributed by atoms with E-state index in [9.17, 15) is 4.79 Å². The third-order valence-corrected chi connectivity index (χ3v) is 5.31. The minimum Gasteiger partial charge on any atom is -0.387 e. The summed E-state index contributed by atoms with van der Waals surface area (Å²) < 4.78 is 0. The second-order valence-corrected chi connectivity index (χ2v) is 7.31. The molecule has 5 nitrogen and oxygen atoms in total. The lowest BCUT2D eigenvalue weighted by atomic mass is 10.0. The number of hydrogen-bond donors (Lipinski definition) is 2. The van der Waals surface area contributed by atoms with Crippen molar-refractivity contribution >= 4 is 23.0 Å². The maximum Gasteiger partial charge on any atom is 0.273 e. The topological polar surface area (TPSA) is 62.7 Å². The lowest BCUT2D eigenvalue weighted by Gasteiger charge is -2.12. The number of nitrogens with zero attached hydrogens (tertiary/aromatic N) is 1. The van der Waals surface area contributed by atoms with Crippen LogP contribution in [0.25, 0.3) is 0 Å². The summed E-state index contributed by atoms with van der Waals surface area (Å²) in [6.45, 7) is 1.03. The molecule has 2 aromatic rings. The van der Waals surface area contributed by atoms with Crippen molar-refractivity contribution in [3.8, 4) is 0 Å². The first-order chi connectivity index (χ1) is 13.3. The largest absolute Gasteiger partial charge is 0.387 e. The number of amides is 1. The van der Waals surface area contributed by atoms with E-state index in [-0.39, 0.29) is 12.0 Å². The van der Waals surface area contributed by atoms with Crippen LogP contribution in [0.5, 0.6) is 0 Å². The van der Waals surface area contributed by atoms with Crippen LogP contribution >= 0.6 is 0 Å². The summed E-state index contributed by atoms with van der Waals surface area (Å²) >= 11 is 0. The molecule has 5 heteroatoms. The SMILES string of the molecule is O=C(Nc1ccc(NCC2CCCC2)cc1)C1=NOC(c2ccccc2)C1. The zero-order valence-corrected chi connectivity index (χ0v) is 15.4. The van der Waals surface area contributed by atoms with Gasteiger partial charge in [-0.3, -0.25) is 4.79 Å². The molecule has 1 amide bonds. The fourth-order valence-electron chi connectivity index (χ4n) is 3.71. The fourth-order valence-corrected chi connectivity index (χ4v) is 3.71. The van der Waals surface area contributed by atoms with Crippen molar-refractivity contribution in [3.63, 3.8) is 0 Å². The Kier molecular flexibility index (Phi) is 5.37. The van der Waals surface area contributed by atoms with Gasteiger partial charge in [0, 0.05) is 24.3 Å². The van der Waals surface area contributed by atoms with Crippen LogP contribution in [0.4, 0.5) is 11.4 Å². The molecule has 0 aromatic heterocycles. The van der Waals surface area contributed by atoms with Gasteiger partial charge in [-0.1, -0.05) is 48.3 Å². The van der Waals surface area contributed by atoms with Gasteiger partial charge in [0.05, 0.1) is 0 Å². The first-order valence-electron chi connectivity index (χ1n) is 9.71. The number of anilines is 2. The molecule has 0 radical (unpaired) electrons. The van der Waals surface area contributed by atoms with Crippen LogP contribution in [0, 0.1) is 5.92 Å². The maximum atomic E-state index is 12.4. The highest BCUT2D eigenvalue weighted by Gasteiger charge is 2.27. The van der Waals surface area contributed by atoms with Crippen LogP contribution in [0.15, 0.2) is 59.8 Å². The molecule has 1 fully saturated rings. The normalized spacial score (nSPS) is 19.4. The highest BCUT2D eigenvalue weighted by Crippen LogP contribution is 2.28. The van der Waals surface area contributed by atoms with Gasteiger partial charge in [-0.25, -0.2) is 0 Å². The molecule has 140 valence electrons. The molecule has 1 aliphatic carbocycles. The predicted octanol–water partition coefficient (Wildman–Crippen LogP) is 4.74. The average Bonchev–Trinajstić information content (AvgIpc) is 3.40. The second kappa shape index (κ2) is 8.25. The van der Waals surface area contributed by atoms with Crippen LogP contribution in [-0.2, 0) is 9.63 Å². The first-order valence-corrected chi connectivity index (χ1v) is 9.71. The van der Waals surface area contributed by atoms with Crippen molar-refractivity contribution in [1.82, 2.24) is 0 Å². The van der Waals surface area contributed by atoms with Crippen molar-refractivity contribution in [2.24, 2.45) is 11.1 Å². The Labute approximate surface area is 159 Å². The van der Waals surface area contributed by atoms with Crippen molar-refractivity contribution in [2.45, 2.75) is 38.2 Å². The Morgan fingerprint density at radius 2 is 1.70 bits per heavy atom. The maximum absolute atomic E-state index is 12.4. The summed E-state index contributed by atoms with van der Waals surface area (Å²) in [6, 6.07) is 17.7. The van der Waals surface area contributed by atoms with E-state index >= 15 is 0 Å². The van der Waals surface area contributed by atoms with Gasteiger partial charge in [-0.2, -0.15) is 0 Å². The Bertz CT molecular complexity index is 796. The van der Waals surface area contributed by atoms with Gasteiger partial charge in [0.15, 0.2) is 6.10 Å². The number of benzene rings is 2. The number of hydrogen-bond acceptors (Lipinski definition) is 4. The summed E-state index contributed by atoms with van der Waals surface area (Å²) in [5.41, 5.74) is 3.30. The van der Waals surface area contributed by atoms with Crippen LogP contribution in [0.1, 0.15) is 43.8 Å². The molecule has 1 aliphatic heterocycles. The fraction of sp³-hybridized carbons (Fsp3) is 0.364. The molecule has 1 heterocycles. The lowest BCUT2D eigenvalue weighted by molar-refractivity contribution is -0.110. The molecule has 1 saturated carbocycles. The third kappa shape index (κ3) is 4.48. The molecular weight excluding hydrogens is 338 g/mol. The minimum atomic E-state index is -0.208. The molecule has 2 N–H and O–H groups in total. The van der Waals surface area contributed by atoms with Crippen molar-refractivity contribution < 1.29 is 9.63 Å². The second-order valence-electron chi connectivity index (χ2n) is 7.31. The van der Waals surface area contributed by atoms with Crippen LogP contribution in [-0.4, -0.2) is 18.2 Å². The Hall–Kier alpha value is -2.82. The molecular formula is C22H25N3O2. The Balaban J connectivity index is 1.28. The van der Waals surface area contributed by atoms with Crippen molar-refractivity contribution in [1.29, 1.82) is 0 Å². The van der Waals surface area contributed by atoms with E-state index in [4.69, 9.17) is 4.84 Å². The summed E-state index contributed by atoms with van der Waals surface area (Å²) in [5.74, 6) is 0.586. The Morgan fingerprint density at radius 3 is 2.44 bits per heavy atom. The molecule has 1 unspecified atom stereocenters. The zero-order chi connectivity index (χ0) is 18.5. The first kappa shape index (κ1) is 17.6. The van der Waals surface area contributed by atoms with Gasteiger partial charge in [-0.15, -0.1) is 0 Å². The molecule has 2 aliphatic rings. The quantitative estimate of drug-likeness (QED) is 0.779. The number of oxime groups is 1. The van der Waals surface area contributed by atoms with Gasteiger partial charge in [0.2, 0.25) is 0 Å². The van der Waals surface area contributed by atoms with E-state index < -0.39 is 0 Å². The van der Waals surface area contributed by atoms with Gasteiger partial charge in [-0.05, 0) is 48.6 Å². The van der Waals surface area contributed by atoms with Crippen LogP contribution in [0.2, 0.25) is 0 Å². The number of nitrogens with one attached hydrogen (secondary N) is 2. The zero-order valence-electron chi connectivity index (χ0n) is 15.4. The number of carbonyl (C=O) groups excluding carboxylic acids is 1. The van der Waals surface area contributed by atoms with Gasteiger partial charge in [0.25, 0.3) is 5.91 Å². The van der Waals surface area contributed by atoms with E-state index in [1.807, 2.05) is 54.6 Å². The van der Waals surface area contributed by atoms with E-state index in [0.29, 0.717) is 12.1 Å². The van der Waals surface area contributed by atoms with Crippen LogP contribution in [0.3, 0.4) is 0 Å². The van der Waals surface area contributed by atoms with Gasteiger partial charge in [0.1, 0.15) is 5.71 Å². The summed E-state index contributed by atoms with van der Waals surface area (Å²) in [4.78, 5) is 17.9. The molecule has 0 spiro atoms. The summed E-state index contributed by atoms with van der Waals surface area (Å²) in [7, 11) is 0. The molecule has 0 bridgehead atoms. The molecule has 27 heavy (non-hydrogen) atoms. The smallest absolute Gasteiger partial charge is 0.273 e. The highest BCUT2D eigenvalue weighted by atomic mass is 16.6. The van der Waals surface area contributed by atoms with E-state index in [2.05, 4.69) is 15.8 Å². The van der Waals surface area contributed by atoms with E-state index in [1.165, 1.54) is 25.7 Å². The average molecular weight is 363 g/mol. The van der Waals surface area contributed by atoms with E-state index in [1.54, 1.807) is 0 Å². The summed E-state index contributed by atoms with van der Waals surface area (Å²) in [5, 5.41) is 10.4. The highest BCUT2D eigenvalue weighted by molar-refractivity contribution is 6.43. The van der Waals surface area contributed by atoms with Crippen molar-refractivity contribution in [3.05, 3.63) is 60.2 Å². The monoisotopic (exact) mass is 363 g/mol. The summed E-state index contributed by atoms with van der Waals surface area (Å²) in [6.07, 6.45) is 5.67. The Morgan fingerprint density at radius 1 is 1.00 bits per heavy atom. The van der Waals surface area contributed by atoms with Crippen molar-refractivity contribution in [2.75, 3.05) is 17.2 Å². The van der Waals surface area contributed by atoms with Gasteiger partial charge >= 0.3 is 0 Å². The van der Waals surface area contributed by atoms with Gasteiger partial charge < -0.3 is 15.5 Å². The standard InChI is InChI=1S/C22H25N3O2/c26-22(20-14-21(27-25-20)17-8-2-1-3-9-17)24-19-12-10-18(11-13-19)23-15-16-6-4-5-7-16/h1-3,8-13,16,21,23H,4-7,14-15H2,(H,24,26). The molecule has 2 aromatic carbocycles. The van der Waals surface area contributed by atoms with E-state index in [0.717, 1.165) is 29.4 Å². The molecule has 4 rings (SSSR count). The number of carbonyl (C=O) groups is 1. The molecule has 0 saturated heterocycles. The third-order valence-electron chi connectivity index (χ3n) is 5.31. The van der Waals surface area contributed by atoms with Crippen LogP contribution < -0.4 is 10.6 Å². The minimum absolute atomic E-state index is 0.186.